The molecule has 3 aromatic carbocycles. The molecule has 3 heterocycles. The standard InChI is InChI=1S/C29H28N6/c1-29(2)21(16-30-15-19-8-4-3-5-9-19)17-31-18-23(29)20-12-13-24-22(14-20)27(35-34-24)28-32-25-10-6-7-11-26(25)33-28/h3-14,17-18,23,30H,15-16H2,1-2H3,(H,32,33)(H,34,35). The molecule has 0 fully saturated rings. The number of para-hydroxylation sites is 2. The number of aliphatic imine (C=N–C) groups is 1. The second kappa shape index (κ2) is 8.64. The Morgan fingerprint density at radius 2 is 1.74 bits per heavy atom. The number of nitrogens with zero attached hydrogens (tertiary/aromatic N) is 3. The average Bonchev–Trinajstić information content (AvgIpc) is 3.49. The number of H-pyrrole nitrogens is 2. The van der Waals surface area contributed by atoms with Crippen LogP contribution in [0.2, 0.25) is 0 Å². The topological polar surface area (TPSA) is 81.8 Å². The van der Waals surface area contributed by atoms with Crippen molar-refractivity contribution in [3.8, 4) is 11.5 Å². The quantitative estimate of drug-likeness (QED) is 0.292. The van der Waals surface area contributed by atoms with Gasteiger partial charge >= 0.3 is 0 Å². The molecule has 0 amide bonds. The maximum absolute atomic E-state index is 4.77. The lowest BCUT2D eigenvalue weighted by Crippen LogP contribution is -2.33. The van der Waals surface area contributed by atoms with Crippen molar-refractivity contribution in [1.29, 1.82) is 0 Å². The van der Waals surface area contributed by atoms with Crippen LogP contribution in [-0.2, 0) is 6.54 Å². The van der Waals surface area contributed by atoms with Gasteiger partial charge in [0.05, 0.1) is 16.6 Å². The molecule has 0 aliphatic carbocycles. The summed E-state index contributed by atoms with van der Waals surface area (Å²) in [5.74, 6) is 0.931. The molecule has 3 N–H and O–H groups in total. The maximum atomic E-state index is 4.77. The number of imidazole rings is 1. The predicted molar refractivity (Wildman–Crippen MR) is 142 cm³/mol. The summed E-state index contributed by atoms with van der Waals surface area (Å²) in [5, 5.41) is 12.4. The number of aromatic amines is 2. The fourth-order valence-corrected chi connectivity index (χ4v) is 4.96. The molecular formula is C29H28N6. The van der Waals surface area contributed by atoms with Gasteiger partial charge in [-0.05, 0) is 41.0 Å². The zero-order valence-electron chi connectivity index (χ0n) is 19.9. The van der Waals surface area contributed by atoms with Crippen LogP contribution in [0.3, 0.4) is 0 Å². The van der Waals surface area contributed by atoms with Gasteiger partial charge in [0.1, 0.15) is 5.69 Å². The molecule has 174 valence electrons. The van der Waals surface area contributed by atoms with E-state index in [0.29, 0.717) is 0 Å². The Morgan fingerprint density at radius 3 is 2.60 bits per heavy atom. The van der Waals surface area contributed by atoms with Crippen molar-refractivity contribution in [2.75, 3.05) is 6.54 Å². The molecule has 35 heavy (non-hydrogen) atoms. The van der Waals surface area contributed by atoms with Crippen molar-refractivity contribution in [3.63, 3.8) is 0 Å². The number of benzene rings is 3. The van der Waals surface area contributed by atoms with Crippen molar-refractivity contribution in [1.82, 2.24) is 25.5 Å². The lowest BCUT2D eigenvalue weighted by molar-refractivity contribution is 0.397. The van der Waals surface area contributed by atoms with E-state index in [1.165, 1.54) is 16.7 Å². The van der Waals surface area contributed by atoms with Crippen molar-refractivity contribution in [2.45, 2.75) is 26.3 Å². The maximum Gasteiger partial charge on any atom is 0.159 e. The monoisotopic (exact) mass is 460 g/mol. The number of aromatic nitrogens is 4. The molecule has 6 rings (SSSR count). The molecule has 6 nitrogen and oxygen atoms in total. The molecular weight excluding hydrogens is 432 g/mol. The molecule has 5 aromatic rings. The van der Waals surface area contributed by atoms with E-state index >= 15 is 0 Å². The molecule has 0 bridgehead atoms. The van der Waals surface area contributed by atoms with E-state index in [-0.39, 0.29) is 11.3 Å². The van der Waals surface area contributed by atoms with Gasteiger partial charge in [-0.2, -0.15) is 5.10 Å². The smallest absolute Gasteiger partial charge is 0.159 e. The highest BCUT2D eigenvalue weighted by Crippen LogP contribution is 2.43. The van der Waals surface area contributed by atoms with Crippen LogP contribution in [0.25, 0.3) is 33.5 Å². The summed E-state index contributed by atoms with van der Waals surface area (Å²) in [7, 11) is 0. The van der Waals surface area contributed by atoms with Crippen molar-refractivity contribution in [3.05, 3.63) is 95.7 Å². The third-order valence-corrected chi connectivity index (χ3v) is 7.12. The van der Waals surface area contributed by atoms with Crippen molar-refractivity contribution in [2.24, 2.45) is 10.4 Å². The summed E-state index contributed by atoms with van der Waals surface area (Å²) in [6.07, 6.45) is 4.09. The Bertz CT molecular complexity index is 1520. The van der Waals surface area contributed by atoms with Crippen LogP contribution >= 0.6 is 0 Å². The van der Waals surface area contributed by atoms with Crippen LogP contribution in [0.5, 0.6) is 0 Å². The van der Waals surface area contributed by atoms with Gasteiger partial charge in [0.25, 0.3) is 0 Å². The highest BCUT2D eigenvalue weighted by molar-refractivity contribution is 5.94. The molecule has 1 aliphatic heterocycles. The Balaban J connectivity index is 1.28. The van der Waals surface area contributed by atoms with Gasteiger partial charge in [-0.1, -0.05) is 62.4 Å². The van der Waals surface area contributed by atoms with Gasteiger partial charge in [0.2, 0.25) is 0 Å². The van der Waals surface area contributed by atoms with Crippen LogP contribution in [0.1, 0.15) is 30.9 Å². The van der Waals surface area contributed by atoms with Crippen LogP contribution in [0, 0.1) is 5.41 Å². The summed E-state index contributed by atoms with van der Waals surface area (Å²) in [6.45, 7) is 6.25. The zero-order chi connectivity index (χ0) is 23.8. The van der Waals surface area contributed by atoms with Crippen molar-refractivity contribution < 1.29 is 0 Å². The van der Waals surface area contributed by atoms with Crippen molar-refractivity contribution >= 4 is 28.2 Å². The van der Waals surface area contributed by atoms with Crippen LogP contribution in [0.4, 0.5) is 0 Å². The van der Waals surface area contributed by atoms with Gasteiger partial charge in [0.15, 0.2) is 5.82 Å². The zero-order valence-corrected chi connectivity index (χ0v) is 19.9. The third kappa shape index (κ3) is 3.96. The molecule has 6 heteroatoms. The number of fused-ring (bicyclic) bond motifs is 2. The number of hydrogen-bond acceptors (Lipinski definition) is 4. The van der Waals surface area contributed by atoms with Gasteiger partial charge in [0, 0.05) is 42.2 Å². The van der Waals surface area contributed by atoms with E-state index in [1.54, 1.807) is 0 Å². The van der Waals surface area contributed by atoms with Crippen LogP contribution in [0.15, 0.2) is 89.6 Å². The summed E-state index contributed by atoms with van der Waals surface area (Å²) in [4.78, 5) is 12.8. The van der Waals surface area contributed by atoms with E-state index in [4.69, 9.17) is 4.98 Å². The first-order valence-corrected chi connectivity index (χ1v) is 12.0. The van der Waals surface area contributed by atoms with Crippen LogP contribution in [-0.4, -0.2) is 32.9 Å². The van der Waals surface area contributed by atoms with Gasteiger partial charge in [-0.3, -0.25) is 10.1 Å². The number of rotatable bonds is 6. The molecule has 0 spiro atoms. The number of nitrogens with one attached hydrogen (secondary N) is 3. The molecule has 0 saturated carbocycles. The summed E-state index contributed by atoms with van der Waals surface area (Å²) < 4.78 is 0. The van der Waals surface area contributed by atoms with Gasteiger partial charge in [-0.15, -0.1) is 0 Å². The minimum Gasteiger partial charge on any atom is -0.337 e. The second-order valence-corrected chi connectivity index (χ2v) is 9.72. The first-order valence-electron chi connectivity index (χ1n) is 12.0. The summed E-state index contributed by atoms with van der Waals surface area (Å²) >= 11 is 0. The Morgan fingerprint density at radius 1 is 0.914 bits per heavy atom. The van der Waals surface area contributed by atoms with E-state index in [1.807, 2.05) is 36.5 Å². The predicted octanol–water partition coefficient (Wildman–Crippen LogP) is 5.97. The van der Waals surface area contributed by atoms with E-state index in [9.17, 15) is 0 Å². The Labute approximate surface area is 204 Å². The second-order valence-electron chi connectivity index (χ2n) is 9.72. The number of hydrogen-bond donors (Lipinski definition) is 3. The normalized spacial score (nSPS) is 17.2. The first kappa shape index (κ1) is 21.5. The molecule has 0 saturated heterocycles. The highest BCUT2D eigenvalue weighted by atomic mass is 15.1. The van der Waals surface area contributed by atoms with Gasteiger partial charge in [-0.25, -0.2) is 4.98 Å². The van der Waals surface area contributed by atoms with E-state index in [0.717, 1.165) is 46.5 Å². The van der Waals surface area contributed by atoms with E-state index < -0.39 is 0 Å². The fraction of sp³-hybridized carbons (Fsp3) is 0.207. The Hall–Kier alpha value is -4.03. The molecule has 1 unspecified atom stereocenters. The molecule has 2 aromatic heterocycles. The lowest BCUT2D eigenvalue weighted by Gasteiger charge is -2.37. The highest BCUT2D eigenvalue weighted by Gasteiger charge is 2.35. The minimum absolute atomic E-state index is 0.0810. The van der Waals surface area contributed by atoms with E-state index in [2.05, 4.69) is 88.0 Å². The van der Waals surface area contributed by atoms with Gasteiger partial charge < -0.3 is 10.3 Å². The largest absolute Gasteiger partial charge is 0.337 e. The molecule has 1 atom stereocenters. The molecule has 1 aliphatic rings. The van der Waals surface area contributed by atoms with Crippen LogP contribution < -0.4 is 5.32 Å². The summed E-state index contributed by atoms with van der Waals surface area (Å²) in [5.41, 5.74) is 7.50. The minimum atomic E-state index is -0.0810. The fourth-order valence-electron chi connectivity index (χ4n) is 4.96. The average molecular weight is 461 g/mol. The SMILES string of the molecule is CC1(C)C(CNCc2ccccc2)=CN=CC1c1ccc2[nH]nc(-c3nc4ccccc4[nH]3)c2c1. The summed E-state index contributed by atoms with van der Waals surface area (Å²) in [6, 6.07) is 25.1. The lowest BCUT2D eigenvalue weighted by atomic mass is 9.69. The third-order valence-electron chi connectivity index (χ3n) is 7.12. The Kier molecular flexibility index (Phi) is 5.30. The first-order chi connectivity index (χ1) is 17.1. The molecule has 0 radical (unpaired) electrons.